The zero-order chi connectivity index (χ0) is 22.1. The van der Waals surface area contributed by atoms with E-state index in [0.717, 1.165) is 64.7 Å². The lowest BCUT2D eigenvalue weighted by molar-refractivity contribution is 0.145. The molecule has 166 valence electrons. The molecule has 0 bridgehead atoms. The molecule has 1 saturated heterocycles. The number of likely N-dealkylation sites (tertiary alicyclic amines) is 1. The summed E-state index contributed by atoms with van der Waals surface area (Å²) in [5, 5.41) is 19.3. The number of piperidine rings is 1. The van der Waals surface area contributed by atoms with Crippen molar-refractivity contribution in [3.05, 3.63) is 54.7 Å². The van der Waals surface area contributed by atoms with E-state index in [1.165, 1.54) is 0 Å². The Kier molecular flexibility index (Phi) is 5.86. The second kappa shape index (κ2) is 8.93. The Morgan fingerprint density at radius 2 is 2.03 bits per heavy atom. The van der Waals surface area contributed by atoms with Crippen LogP contribution in [0.3, 0.4) is 0 Å². The second-order valence-corrected chi connectivity index (χ2v) is 9.20. The van der Waals surface area contributed by atoms with E-state index in [9.17, 15) is 5.11 Å². The number of β-amino-alcohol motifs (C(OH)–C–C–N with tert-alkyl or cyclic N) is 1. The van der Waals surface area contributed by atoms with Crippen molar-refractivity contribution in [3.63, 3.8) is 0 Å². The van der Waals surface area contributed by atoms with Crippen LogP contribution in [0.25, 0.3) is 16.6 Å². The van der Waals surface area contributed by atoms with Crippen LogP contribution < -0.4 is 5.73 Å². The predicted octanol–water partition coefficient (Wildman–Crippen LogP) is 3.26. The SMILES string of the molecule is Cc1c(-c2cc(Sc3ccccn3)c3c(N)cnn3c2)cnn1C1CCN(CCO)CC1. The maximum absolute atomic E-state index is 9.19. The minimum absolute atomic E-state index is 0.217. The molecule has 0 aliphatic carbocycles. The van der Waals surface area contributed by atoms with E-state index < -0.39 is 0 Å². The van der Waals surface area contributed by atoms with Crippen LogP contribution in [-0.4, -0.2) is 60.6 Å². The van der Waals surface area contributed by atoms with Crippen molar-refractivity contribution in [2.45, 2.75) is 35.7 Å². The van der Waals surface area contributed by atoms with E-state index >= 15 is 0 Å². The number of rotatable bonds is 6. The van der Waals surface area contributed by atoms with Gasteiger partial charge >= 0.3 is 0 Å². The number of aliphatic hydroxyl groups excluding tert-OH is 1. The molecule has 0 spiro atoms. The molecule has 9 heteroatoms. The van der Waals surface area contributed by atoms with E-state index in [1.807, 2.05) is 35.1 Å². The molecule has 8 nitrogen and oxygen atoms in total. The molecule has 0 amide bonds. The van der Waals surface area contributed by atoms with E-state index in [4.69, 9.17) is 10.8 Å². The summed E-state index contributed by atoms with van der Waals surface area (Å²) in [6, 6.07) is 8.42. The summed E-state index contributed by atoms with van der Waals surface area (Å²) in [6.45, 7) is 5.08. The molecule has 4 aromatic rings. The molecule has 0 aromatic carbocycles. The van der Waals surface area contributed by atoms with Crippen LogP contribution in [-0.2, 0) is 0 Å². The minimum Gasteiger partial charge on any atom is -0.396 e. The summed E-state index contributed by atoms with van der Waals surface area (Å²) in [4.78, 5) is 7.78. The Morgan fingerprint density at radius 3 is 2.78 bits per heavy atom. The van der Waals surface area contributed by atoms with Gasteiger partial charge in [-0.25, -0.2) is 9.50 Å². The monoisotopic (exact) mass is 449 g/mol. The number of nitrogens with zero attached hydrogens (tertiary/aromatic N) is 6. The van der Waals surface area contributed by atoms with Gasteiger partial charge in [-0.1, -0.05) is 17.8 Å². The van der Waals surface area contributed by atoms with Gasteiger partial charge in [-0.05, 0) is 38.0 Å². The molecule has 5 rings (SSSR count). The van der Waals surface area contributed by atoms with E-state index in [-0.39, 0.29) is 6.61 Å². The Morgan fingerprint density at radius 1 is 1.19 bits per heavy atom. The fourth-order valence-electron chi connectivity index (χ4n) is 4.46. The molecule has 1 aliphatic heterocycles. The van der Waals surface area contributed by atoms with E-state index in [1.54, 1.807) is 24.2 Å². The third kappa shape index (κ3) is 3.99. The number of hydrogen-bond acceptors (Lipinski definition) is 7. The molecule has 0 atom stereocenters. The van der Waals surface area contributed by atoms with Gasteiger partial charge in [-0.2, -0.15) is 10.2 Å². The van der Waals surface area contributed by atoms with Crippen molar-refractivity contribution in [1.82, 2.24) is 29.3 Å². The topological polar surface area (TPSA) is 97.5 Å². The zero-order valence-corrected chi connectivity index (χ0v) is 18.9. The molecule has 0 unspecified atom stereocenters. The third-order valence-electron chi connectivity index (χ3n) is 6.13. The summed E-state index contributed by atoms with van der Waals surface area (Å²) in [6.07, 6.45) is 9.54. The molecular weight excluding hydrogens is 422 g/mol. The molecule has 1 fully saturated rings. The summed E-state index contributed by atoms with van der Waals surface area (Å²) < 4.78 is 4.01. The molecule has 0 saturated carbocycles. The molecule has 3 N–H and O–H groups in total. The Hall–Kier alpha value is -2.88. The number of nitrogen functional groups attached to an aromatic ring is 1. The van der Waals surface area contributed by atoms with Crippen LogP contribution in [0.5, 0.6) is 0 Å². The van der Waals surface area contributed by atoms with Crippen molar-refractivity contribution >= 4 is 23.0 Å². The number of fused-ring (bicyclic) bond motifs is 1. The summed E-state index contributed by atoms with van der Waals surface area (Å²) in [7, 11) is 0. The van der Waals surface area contributed by atoms with Gasteiger partial charge in [0.15, 0.2) is 0 Å². The number of nitrogens with two attached hydrogens (primary N) is 1. The minimum atomic E-state index is 0.217. The number of anilines is 1. The predicted molar refractivity (Wildman–Crippen MR) is 126 cm³/mol. The number of aliphatic hydroxyl groups is 1. The normalized spacial score (nSPS) is 15.6. The first kappa shape index (κ1) is 21.0. The Balaban J connectivity index is 1.48. The average Bonchev–Trinajstić information content (AvgIpc) is 3.38. The highest BCUT2D eigenvalue weighted by Crippen LogP contribution is 2.37. The summed E-state index contributed by atoms with van der Waals surface area (Å²) in [5.41, 5.74) is 11.1. The van der Waals surface area contributed by atoms with Crippen molar-refractivity contribution in [3.8, 4) is 11.1 Å². The Bertz CT molecular complexity index is 1210. The highest BCUT2D eigenvalue weighted by molar-refractivity contribution is 7.99. The van der Waals surface area contributed by atoms with Crippen LogP contribution in [0.4, 0.5) is 5.69 Å². The fourth-order valence-corrected chi connectivity index (χ4v) is 5.44. The first-order valence-electron chi connectivity index (χ1n) is 10.9. The maximum atomic E-state index is 9.19. The van der Waals surface area contributed by atoms with Gasteiger partial charge in [0.1, 0.15) is 10.5 Å². The first-order chi connectivity index (χ1) is 15.6. The molecule has 0 radical (unpaired) electrons. The van der Waals surface area contributed by atoms with Crippen LogP contribution in [0.2, 0.25) is 0 Å². The van der Waals surface area contributed by atoms with Crippen LogP contribution >= 0.6 is 11.8 Å². The van der Waals surface area contributed by atoms with Crippen LogP contribution in [0, 0.1) is 6.92 Å². The van der Waals surface area contributed by atoms with Gasteiger partial charge in [0.2, 0.25) is 0 Å². The quantitative estimate of drug-likeness (QED) is 0.466. The molecule has 4 aromatic heterocycles. The van der Waals surface area contributed by atoms with Crippen LogP contribution in [0.1, 0.15) is 24.6 Å². The van der Waals surface area contributed by atoms with Crippen molar-refractivity contribution in [2.75, 3.05) is 32.0 Å². The highest BCUT2D eigenvalue weighted by atomic mass is 32.2. The molecule has 5 heterocycles. The van der Waals surface area contributed by atoms with Crippen LogP contribution in [0.15, 0.2) is 59.0 Å². The fraction of sp³-hybridized carbons (Fsp3) is 0.348. The second-order valence-electron chi connectivity index (χ2n) is 8.14. The third-order valence-corrected chi connectivity index (χ3v) is 7.11. The number of aromatic nitrogens is 5. The molecular formula is C23H27N7OS. The van der Waals surface area contributed by atoms with Gasteiger partial charge in [0, 0.05) is 53.7 Å². The number of hydrogen-bond donors (Lipinski definition) is 2. The largest absolute Gasteiger partial charge is 0.396 e. The average molecular weight is 450 g/mol. The maximum Gasteiger partial charge on any atom is 0.103 e. The van der Waals surface area contributed by atoms with Crippen molar-refractivity contribution in [1.29, 1.82) is 0 Å². The number of pyridine rings is 2. The van der Waals surface area contributed by atoms with Crippen molar-refractivity contribution in [2.24, 2.45) is 0 Å². The lowest BCUT2D eigenvalue weighted by atomic mass is 10.0. The van der Waals surface area contributed by atoms with Gasteiger partial charge in [-0.3, -0.25) is 4.68 Å². The van der Waals surface area contributed by atoms with Gasteiger partial charge in [-0.15, -0.1) is 0 Å². The Labute approximate surface area is 191 Å². The lowest BCUT2D eigenvalue weighted by Crippen LogP contribution is -2.36. The van der Waals surface area contributed by atoms with Crippen molar-refractivity contribution < 1.29 is 5.11 Å². The van der Waals surface area contributed by atoms with Gasteiger partial charge in [0.25, 0.3) is 0 Å². The molecule has 32 heavy (non-hydrogen) atoms. The van der Waals surface area contributed by atoms with E-state index in [2.05, 4.69) is 32.7 Å². The summed E-state index contributed by atoms with van der Waals surface area (Å²) in [5.74, 6) is 0. The van der Waals surface area contributed by atoms with E-state index in [0.29, 0.717) is 11.7 Å². The highest BCUT2D eigenvalue weighted by Gasteiger charge is 2.23. The lowest BCUT2D eigenvalue weighted by Gasteiger charge is -2.32. The molecule has 1 aliphatic rings. The summed E-state index contributed by atoms with van der Waals surface area (Å²) >= 11 is 1.59. The van der Waals surface area contributed by atoms with Gasteiger partial charge < -0.3 is 15.7 Å². The first-order valence-corrected chi connectivity index (χ1v) is 11.7. The van der Waals surface area contributed by atoms with Gasteiger partial charge in [0.05, 0.1) is 30.7 Å². The smallest absolute Gasteiger partial charge is 0.103 e. The standard InChI is InChI=1S/C23H27N7OS/c1-16-19(13-27-30(16)18-5-8-28(9-6-18)10-11-31)17-12-21(32-22-4-2-3-7-25-22)23-20(24)14-26-29(23)15-17/h2-4,7,12-15,18,31H,5-6,8-11,24H2,1H3. The zero-order valence-electron chi connectivity index (χ0n) is 18.1.